The number of hydrogen-bond donors (Lipinski definition) is 6. The molecule has 0 radical (unpaired) electrons. The molecule has 1 aliphatic heterocycles. The lowest BCUT2D eigenvalue weighted by molar-refractivity contribution is -0.137. The van der Waals surface area contributed by atoms with Crippen LogP contribution >= 0.6 is 0 Å². The lowest BCUT2D eigenvalue weighted by Crippen LogP contribution is -2.53. The zero-order chi connectivity index (χ0) is 14.3. The van der Waals surface area contributed by atoms with Crippen LogP contribution in [-0.2, 0) is 9.59 Å². The van der Waals surface area contributed by atoms with E-state index in [9.17, 15) is 19.2 Å². The Balaban J connectivity index is 1.86. The monoisotopic (exact) mass is 278 g/mol. The van der Waals surface area contributed by atoms with Crippen molar-refractivity contribution in [3.8, 4) is 0 Å². The standard InChI is InChI=1S/C10H10N6O4/c17-5-1-3(13-15-5)7-9(19)12-8(10(20)11-7)4-2-6(18)16-14-4/h1-2,7-8H,(H,11,20)(H,12,19)(H2,13,15,17)(H2,14,16,18). The summed E-state index contributed by atoms with van der Waals surface area (Å²) in [7, 11) is 0. The number of aromatic amines is 4. The highest BCUT2D eigenvalue weighted by Gasteiger charge is 2.37. The summed E-state index contributed by atoms with van der Waals surface area (Å²) < 4.78 is 0. The molecule has 3 heterocycles. The second-order valence-electron chi connectivity index (χ2n) is 4.31. The smallest absolute Gasteiger partial charge is 0.264 e. The van der Waals surface area contributed by atoms with Gasteiger partial charge in [0.15, 0.2) is 0 Å². The van der Waals surface area contributed by atoms with Crippen LogP contribution in [0.5, 0.6) is 0 Å². The van der Waals surface area contributed by atoms with Crippen LogP contribution in [-0.4, -0.2) is 32.2 Å². The maximum atomic E-state index is 12.0. The Morgan fingerprint density at radius 3 is 1.35 bits per heavy atom. The maximum absolute atomic E-state index is 12.0. The number of hydrogen-bond acceptors (Lipinski definition) is 4. The zero-order valence-corrected chi connectivity index (χ0v) is 9.94. The first kappa shape index (κ1) is 12.0. The Hall–Kier alpha value is -3.04. The van der Waals surface area contributed by atoms with E-state index in [1.807, 2.05) is 0 Å². The Bertz CT molecular complexity index is 714. The first-order chi connectivity index (χ1) is 9.54. The van der Waals surface area contributed by atoms with Crippen molar-refractivity contribution in [3.05, 3.63) is 44.2 Å². The van der Waals surface area contributed by atoms with Crippen molar-refractivity contribution in [3.63, 3.8) is 0 Å². The van der Waals surface area contributed by atoms with Crippen LogP contribution in [0.4, 0.5) is 0 Å². The van der Waals surface area contributed by atoms with Crippen LogP contribution < -0.4 is 21.8 Å². The molecule has 2 atom stereocenters. The Morgan fingerprint density at radius 1 is 0.650 bits per heavy atom. The molecule has 2 unspecified atom stereocenters. The molecular weight excluding hydrogens is 268 g/mol. The SMILES string of the molecule is O=C1NC(c2cc(=O)[nH][nH]2)C(=O)NC1c1cc(=O)[nH][nH]1. The van der Waals surface area contributed by atoms with Gasteiger partial charge in [-0.2, -0.15) is 0 Å². The summed E-state index contributed by atoms with van der Waals surface area (Å²) in [5.74, 6) is -0.987. The van der Waals surface area contributed by atoms with E-state index in [4.69, 9.17) is 0 Å². The minimum absolute atomic E-state index is 0.252. The van der Waals surface area contributed by atoms with Crippen LogP contribution in [0.25, 0.3) is 0 Å². The van der Waals surface area contributed by atoms with Gasteiger partial charge < -0.3 is 10.6 Å². The van der Waals surface area contributed by atoms with Gasteiger partial charge in [-0.25, -0.2) is 0 Å². The molecule has 3 rings (SSSR count). The summed E-state index contributed by atoms with van der Waals surface area (Å²) in [6.45, 7) is 0. The molecule has 2 aromatic rings. The lowest BCUT2D eigenvalue weighted by atomic mass is 10.1. The van der Waals surface area contributed by atoms with Gasteiger partial charge in [-0.1, -0.05) is 0 Å². The summed E-state index contributed by atoms with van der Waals surface area (Å²) >= 11 is 0. The van der Waals surface area contributed by atoms with E-state index in [0.29, 0.717) is 0 Å². The largest absolute Gasteiger partial charge is 0.337 e. The van der Waals surface area contributed by atoms with Crippen LogP contribution in [0.2, 0.25) is 0 Å². The minimum Gasteiger partial charge on any atom is -0.337 e. The van der Waals surface area contributed by atoms with E-state index >= 15 is 0 Å². The van der Waals surface area contributed by atoms with E-state index < -0.39 is 35.0 Å². The maximum Gasteiger partial charge on any atom is 0.264 e. The third-order valence-electron chi connectivity index (χ3n) is 2.95. The zero-order valence-electron chi connectivity index (χ0n) is 9.94. The fraction of sp³-hybridized carbons (Fsp3) is 0.200. The average molecular weight is 278 g/mol. The molecule has 10 heteroatoms. The van der Waals surface area contributed by atoms with Gasteiger partial charge in [0.25, 0.3) is 11.1 Å². The van der Waals surface area contributed by atoms with E-state index in [-0.39, 0.29) is 11.4 Å². The molecule has 20 heavy (non-hydrogen) atoms. The Kier molecular flexibility index (Phi) is 2.56. The molecule has 0 bridgehead atoms. The highest BCUT2D eigenvalue weighted by molar-refractivity contribution is 5.97. The molecule has 0 spiro atoms. The topological polar surface area (TPSA) is 155 Å². The summed E-state index contributed by atoms with van der Waals surface area (Å²) in [5, 5.41) is 14.5. The van der Waals surface area contributed by atoms with Gasteiger partial charge >= 0.3 is 0 Å². The van der Waals surface area contributed by atoms with Gasteiger partial charge in [0.1, 0.15) is 12.1 Å². The second kappa shape index (κ2) is 4.26. The summed E-state index contributed by atoms with van der Waals surface area (Å²) in [6.07, 6.45) is 0. The highest BCUT2D eigenvalue weighted by atomic mass is 16.2. The molecule has 1 saturated heterocycles. The van der Waals surface area contributed by atoms with Gasteiger partial charge in [0.05, 0.1) is 11.4 Å². The van der Waals surface area contributed by atoms with Gasteiger partial charge in [-0.05, 0) is 0 Å². The third-order valence-corrected chi connectivity index (χ3v) is 2.95. The molecule has 2 amide bonds. The summed E-state index contributed by atoms with van der Waals surface area (Å²) in [4.78, 5) is 46.0. The van der Waals surface area contributed by atoms with Crippen molar-refractivity contribution in [1.29, 1.82) is 0 Å². The van der Waals surface area contributed by atoms with Crippen molar-refractivity contribution in [1.82, 2.24) is 31.0 Å². The number of rotatable bonds is 2. The Morgan fingerprint density at radius 2 is 1.05 bits per heavy atom. The predicted molar refractivity (Wildman–Crippen MR) is 64.6 cm³/mol. The van der Waals surface area contributed by atoms with Gasteiger partial charge in [0, 0.05) is 12.1 Å². The first-order valence-electron chi connectivity index (χ1n) is 5.70. The number of carbonyl (C=O) groups excluding carboxylic acids is 2. The first-order valence-corrected chi connectivity index (χ1v) is 5.70. The second-order valence-corrected chi connectivity index (χ2v) is 4.31. The average Bonchev–Trinajstić information content (AvgIpc) is 3.00. The molecule has 10 nitrogen and oxygen atoms in total. The van der Waals surface area contributed by atoms with Crippen molar-refractivity contribution < 1.29 is 9.59 Å². The number of carbonyl (C=O) groups is 2. The van der Waals surface area contributed by atoms with Crippen LogP contribution in [0.15, 0.2) is 21.7 Å². The number of nitrogens with one attached hydrogen (secondary N) is 6. The van der Waals surface area contributed by atoms with E-state index in [1.54, 1.807) is 0 Å². The van der Waals surface area contributed by atoms with E-state index in [0.717, 1.165) is 0 Å². The van der Waals surface area contributed by atoms with E-state index in [1.165, 1.54) is 12.1 Å². The molecule has 6 N–H and O–H groups in total. The molecule has 104 valence electrons. The lowest BCUT2D eigenvalue weighted by Gasteiger charge is -2.28. The normalized spacial score (nSPS) is 22.4. The Labute approximate surface area is 109 Å². The van der Waals surface area contributed by atoms with Crippen LogP contribution in [0, 0.1) is 0 Å². The molecule has 2 aromatic heterocycles. The summed E-state index contributed by atoms with van der Waals surface area (Å²) in [5.41, 5.74) is -0.304. The molecule has 0 aliphatic carbocycles. The van der Waals surface area contributed by atoms with Crippen molar-refractivity contribution in [2.45, 2.75) is 12.1 Å². The number of H-pyrrole nitrogens is 4. The number of aromatic nitrogens is 4. The molecule has 1 aliphatic rings. The minimum atomic E-state index is -0.983. The number of amides is 2. The molecular formula is C10H10N6O4. The van der Waals surface area contributed by atoms with Gasteiger partial charge in [0.2, 0.25) is 11.8 Å². The summed E-state index contributed by atoms with van der Waals surface area (Å²) in [6, 6.07) is 0.401. The third kappa shape index (κ3) is 1.92. The fourth-order valence-corrected chi connectivity index (χ4v) is 2.03. The van der Waals surface area contributed by atoms with Crippen LogP contribution in [0.3, 0.4) is 0 Å². The van der Waals surface area contributed by atoms with Crippen molar-refractivity contribution in [2.24, 2.45) is 0 Å². The predicted octanol–water partition coefficient (Wildman–Crippen LogP) is -2.25. The van der Waals surface area contributed by atoms with Crippen LogP contribution in [0.1, 0.15) is 23.5 Å². The molecule has 0 aromatic carbocycles. The molecule has 1 fully saturated rings. The van der Waals surface area contributed by atoms with E-state index in [2.05, 4.69) is 31.0 Å². The molecule has 0 saturated carbocycles. The quantitative estimate of drug-likeness (QED) is 0.367. The van der Waals surface area contributed by atoms with Gasteiger partial charge in [-0.3, -0.25) is 39.6 Å². The highest BCUT2D eigenvalue weighted by Crippen LogP contribution is 2.19. The van der Waals surface area contributed by atoms with Crippen molar-refractivity contribution in [2.75, 3.05) is 0 Å². The number of piperazine rings is 1. The van der Waals surface area contributed by atoms with Crippen molar-refractivity contribution >= 4 is 11.8 Å². The fourth-order valence-electron chi connectivity index (χ4n) is 2.03. The van der Waals surface area contributed by atoms with Gasteiger partial charge in [-0.15, -0.1) is 0 Å².